The maximum absolute atomic E-state index is 12.0. The molecule has 1 N–H and O–H groups in total. The van der Waals surface area contributed by atoms with Gasteiger partial charge in [0.15, 0.2) is 0 Å². The van der Waals surface area contributed by atoms with Gasteiger partial charge >= 0.3 is 0 Å². The number of thiol groups is 1. The third-order valence-corrected chi connectivity index (χ3v) is 3.69. The van der Waals surface area contributed by atoms with Crippen LogP contribution in [0.2, 0.25) is 5.02 Å². The molecule has 1 fully saturated rings. The maximum Gasteiger partial charge on any atom is 0.252 e. The lowest BCUT2D eigenvalue weighted by Crippen LogP contribution is -2.32. The highest BCUT2D eigenvalue weighted by Gasteiger charge is 2.16. The van der Waals surface area contributed by atoms with Gasteiger partial charge in [0, 0.05) is 24.7 Å². The first-order chi connectivity index (χ1) is 8.66. The van der Waals surface area contributed by atoms with Crippen LogP contribution >= 0.6 is 24.2 Å². The van der Waals surface area contributed by atoms with Crippen molar-refractivity contribution in [1.29, 1.82) is 0 Å². The van der Waals surface area contributed by atoms with Gasteiger partial charge in [-0.15, -0.1) is 12.6 Å². The van der Waals surface area contributed by atoms with Gasteiger partial charge in [-0.1, -0.05) is 11.6 Å². The minimum Gasteiger partial charge on any atom is -0.381 e. The Hall–Kier alpha value is -0.710. The zero-order valence-electron chi connectivity index (χ0n) is 9.99. The van der Waals surface area contributed by atoms with Crippen molar-refractivity contribution in [3.63, 3.8) is 0 Å². The van der Waals surface area contributed by atoms with E-state index < -0.39 is 0 Å². The Bertz CT molecular complexity index is 433. The minimum atomic E-state index is -0.137. The molecule has 1 aromatic carbocycles. The SMILES string of the molecule is O=C(NCC1CCOCC1)c1cc(S)ccc1Cl. The van der Waals surface area contributed by atoms with Crippen LogP contribution in [0.5, 0.6) is 0 Å². The van der Waals surface area contributed by atoms with E-state index in [0.717, 1.165) is 31.0 Å². The van der Waals surface area contributed by atoms with Gasteiger partial charge in [-0.25, -0.2) is 0 Å². The molecular formula is C13H16ClNO2S. The van der Waals surface area contributed by atoms with Crippen molar-refractivity contribution in [2.45, 2.75) is 17.7 Å². The number of nitrogens with one attached hydrogen (secondary N) is 1. The summed E-state index contributed by atoms with van der Waals surface area (Å²) < 4.78 is 5.28. The molecule has 0 aliphatic carbocycles. The fourth-order valence-corrected chi connectivity index (χ4v) is 2.38. The zero-order valence-corrected chi connectivity index (χ0v) is 11.6. The van der Waals surface area contributed by atoms with Crippen molar-refractivity contribution in [3.8, 4) is 0 Å². The van der Waals surface area contributed by atoms with E-state index in [1.54, 1.807) is 18.2 Å². The molecule has 1 heterocycles. The van der Waals surface area contributed by atoms with E-state index in [4.69, 9.17) is 16.3 Å². The molecule has 1 aromatic rings. The number of amides is 1. The number of carbonyl (C=O) groups is 1. The summed E-state index contributed by atoms with van der Waals surface area (Å²) in [5.41, 5.74) is 0.483. The summed E-state index contributed by atoms with van der Waals surface area (Å²) in [6.07, 6.45) is 2.00. The molecule has 0 aromatic heterocycles. The molecule has 0 saturated carbocycles. The maximum atomic E-state index is 12.0. The fraction of sp³-hybridized carbons (Fsp3) is 0.462. The van der Waals surface area contributed by atoms with Crippen molar-refractivity contribution >= 4 is 30.1 Å². The van der Waals surface area contributed by atoms with Gasteiger partial charge < -0.3 is 10.1 Å². The van der Waals surface area contributed by atoms with Gasteiger partial charge in [-0.05, 0) is 37.0 Å². The zero-order chi connectivity index (χ0) is 13.0. The molecule has 0 unspecified atom stereocenters. The van der Waals surface area contributed by atoms with E-state index in [1.165, 1.54) is 0 Å². The second kappa shape index (κ2) is 6.45. The number of ether oxygens (including phenoxy) is 1. The van der Waals surface area contributed by atoms with Crippen LogP contribution in [0, 0.1) is 5.92 Å². The molecule has 1 aliphatic heterocycles. The lowest BCUT2D eigenvalue weighted by molar-refractivity contribution is 0.0642. The summed E-state index contributed by atoms with van der Waals surface area (Å²) in [7, 11) is 0. The third-order valence-electron chi connectivity index (χ3n) is 3.09. The third kappa shape index (κ3) is 3.64. The predicted octanol–water partition coefficient (Wildman–Crippen LogP) is 2.79. The second-order valence-electron chi connectivity index (χ2n) is 4.43. The highest BCUT2D eigenvalue weighted by Crippen LogP contribution is 2.20. The quantitative estimate of drug-likeness (QED) is 0.838. The highest BCUT2D eigenvalue weighted by molar-refractivity contribution is 7.80. The normalized spacial score (nSPS) is 16.6. The molecule has 5 heteroatoms. The molecule has 0 spiro atoms. The van der Waals surface area contributed by atoms with Crippen LogP contribution in [0.1, 0.15) is 23.2 Å². The molecule has 98 valence electrons. The molecule has 0 atom stereocenters. The Morgan fingerprint density at radius 2 is 2.17 bits per heavy atom. The molecule has 1 saturated heterocycles. The Kier molecular flexibility index (Phi) is 4.92. The van der Waals surface area contributed by atoms with E-state index in [1.807, 2.05) is 0 Å². The number of halogens is 1. The molecule has 0 radical (unpaired) electrons. The van der Waals surface area contributed by atoms with E-state index in [0.29, 0.717) is 23.0 Å². The summed E-state index contributed by atoms with van der Waals surface area (Å²) in [4.78, 5) is 12.7. The van der Waals surface area contributed by atoms with E-state index in [2.05, 4.69) is 17.9 Å². The number of carbonyl (C=O) groups excluding carboxylic acids is 1. The molecular weight excluding hydrogens is 270 g/mol. The lowest BCUT2D eigenvalue weighted by atomic mass is 10.0. The topological polar surface area (TPSA) is 38.3 Å². The van der Waals surface area contributed by atoms with E-state index in [-0.39, 0.29) is 5.91 Å². The smallest absolute Gasteiger partial charge is 0.252 e. The van der Waals surface area contributed by atoms with Crippen LogP contribution < -0.4 is 5.32 Å². The standard InChI is InChI=1S/C13H16ClNO2S/c14-12-2-1-10(18)7-11(12)13(16)15-8-9-3-5-17-6-4-9/h1-2,7,9,18H,3-6,8H2,(H,15,16). The minimum absolute atomic E-state index is 0.137. The molecule has 2 rings (SSSR count). The average molecular weight is 286 g/mol. The van der Waals surface area contributed by atoms with Gasteiger partial charge in [0.25, 0.3) is 5.91 Å². The van der Waals surface area contributed by atoms with Gasteiger partial charge in [0.2, 0.25) is 0 Å². The van der Waals surface area contributed by atoms with Crippen molar-refractivity contribution in [2.24, 2.45) is 5.92 Å². The molecule has 18 heavy (non-hydrogen) atoms. The van der Waals surface area contributed by atoms with Gasteiger partial charge in [-0.3, -0.25) is 4.79 Å². The summed E-state index contributed by atoms with van der Waals surface area (Å²) >= 11 is 10.2. The first-order valence-corrected chi connectivity index (χ1v) is 6.84. The second-order valence-corrected chi connectivity index (χ2v) is 5.35. The number of rotatable bonds is 3. The van der Waals surface area contributed by atoms with Crippen LogP contribution in [0.15, 0.2) is 23.1 Å². The molecule has 0 bridgehead atoms. The Balaban J connectivity index is 1.92. The van der Waals surface area contributed by atoms with Crippen LogP contribution in [-0.2, 0) is 4.74 Å². The van der Waals surface area contributed by atoms with Crippen molar-refractivity contribution in [1.82, 2.24) is 5.32 Å². The van der Waals surface area contributed by atoms with E-state index in [9.17, 15) is 4.79 Å². The highest BCUT2D eigenvalue weighted by atomic mass is 35.5. The number of hydrogen-bond acceptors (Lipinski definition) is 3. The van der Waals surface area contributed by atoms with Crippen molar-refractivity contribution in [3.05, 3.63) is 28.8 Å². The average Bonchev–Trinajstić information content (AvgIpc) is 2.40. The Labute approximate surface area is 117 Å². The monoisotopic (exact) mass is 285 g/mol. The predicted molar refractivity (Wildman–Crippen MR) is 74.6 cm³/mol. The van der Waals surface area contributed by atoms with Crippen LogP contribution in [0.4, 0.5) is 0 Å². The van der Waals surface area contributed by atoms with Crippen molar-refractivity contribution in [2.75, 3.05) is 19.8 Å². The van der Waals surface area contributed by atoms with Gasteiger partial charge in [0.05, 0.1) is 10.6 Å². The Morgan fingerprint density at radius 1 is 1.44 bits per heavy atom. The molecule has 1 amide bonds. The molecule has 1 aliphatic rings. The summed E-state index contributed by atoms with van der Waals surface area (Å²) in [5, 5.41) is 3.38. The number of hydrogen-bond donors (Lipinski definition) is 2. The first kappa shape index (κ1) is 13.7. The number of benzene rings is 1. The lowest BCUT2D eigenvalue weighted by Gasteiger charge is -2.22. The van der Waals surface area contributed by atoms with Gasteiger partial charge in [0.1, 0.15) is 0 Å². The van der Waals surface area contributed by atoms with Crippen LogP contribution in [0.25, 0.3) is 0 Å². The fourth-order valence-electron chi connectivity index (χ4n) is 1.97. The first-order valence-electron chi connectivity index (χ1n) is 6.01. The summed E-state index contributed by atoms with van der Waals surface area (Å²) in [5.74, 6) is 0.364. The van der Waals surface area contributed by atoms with Crippen LogP contribution in [0.3, 0.4) is 0 Å². The van der Waals surface area contributed by atoms with Crippen LogP contribution in [-0.4, -0.2) is 25.7 Å². The van der Waals surface area contributed by atoms with Crippen molar-refractivity contribution < 1.29 is 9.53 Å². The molecule has 3 nitrogen and oxygen atoms in total. The summed E-state index contributed by atoms with van der Waals surface area (Å²) in [6, 6.07) is 5.14. The summed E-state index contributed by atoms with van der Waals surface area (Å²) in [6.45, 7) is 2.25. The van der Waals surface area contributed by atoms with Gasteiger partial charge in [-0.2, -0.15) is 0 Å². The van der Waals surface area contributed by atoms with E-state index >= 15 is 0 Å². The Morgan fingerprint density at radius 3 is 2.89 bits per heavy atom. The largest absolute Gasteiger partial charge is 0.381 e.